The van der Waals surface area contributed by atoms with E-state index in [-0.39, 0.29) is 11.3 Å². The van der Waals surface area contributed by atoms with Gasteiger partial charge < -0.3 is 5.11 Å². The molecule has 1 aromatic rings. The van der Waals surface area contributed by atoms with Gasteiger partial charge >= 0.3 is 0 Å². The SMILES string of the molecule is CO[NH2+]c1ccc(O)c(C=O)c1. The second kappa shape index (κ2) is 3.85. The van der Waals surface area contributed by atoms with Crippen molar-refractivity contribution in [2.24, 2.45) is 0 Å². The Bertz CT molecular complexity index is 286. The molecule has 0 bridgehead atoms. The monoisotopic (exact) mass is 168 g/mol. The molecule has 0 aliphatic heterocycles. The first-order valence-electron chi connectivity index (χ1n) is 3.42. The Hall–Kier alpha value is -1.39. The Labute approximate surface area is 69.7 Å². The Morgan fingerprint density at radius 1 is 1.58 bits per heavy atom. The lowest BCUT2D eigenvalue weighted by Crippen LogP contribution is -2.75. The van der Waals surface area contributed by atoms with Crippen LogP contribution < -0.4 is 5.48 Å². The zero-order chi connectivity index (χ0) is 8.97. The Kier molecular flexibility index (Phi) is 2.79. The molecular formula is C8H10NO3+. The summed E-state index contributed by atoms with van der Waals surface area (Å²) < 4.78 is 0. The summed E-state index contributed by atoms with van der Waals surface area (Å²) in [7, 11) is 1.52. The van der Waals surface area contributed by atoms with Crippen molar-refractivity contribution in [3.05, 3.63) is 23.8 Å². The predicted molar refractivity (Wildman–Crippen MR) is 42.1 cm³/mol. The van der Waals surface area contributed by atoms with Gasteiger partial charge in [-0.1, -0.05) is 0 Å². The summed E-state index contributed by atoms with van der Waals surface area (Å²) in [5, 5.41) is 9.12. The maximum absolute atomic E-state index is 10.4. The van der Waals surface area contributed by atoms with Crippen molar-refractivity contribution in [3.63, 3.8) is 0 Å². The molecule has 4 nitrogen and oxygen atoms in total. The van der Waals surface area contributed by atoms with Gasteiger partial charge in [-0.05, 0) is 6.07 Å². The van der Waals surface area contributed by atoms with E-state index in [2.05, 4.69) is 0 Å². The van der Waals surface area contributed by atoms with Crippen LogP contribution in [-0.4, -0.2) is 18.5 Å². The largest absolute Gasteiger partial charge is 0.507 e. The normalized spacial score (nSPS) is 9.75. The van der Waals surface area contributed by atoms with Crippen LogP contribution in [0.4, 0.5) is 5.69 Å². The smallest absolute Gasteiger partial charge is 0.162 e. The third-order valence-corrected chi connectivity index (χ3v) is 1.43. The Morgan fingerprint density at radius 2 is 2.33 bits per heavy atom. The number of phenols is 1. The molecule has 0 spiro atoms. The standard InChI is InChI=1S/C8H9NO3/c1-12-9-7-2-3-8(11)6(4-7)5-10/h2-5,9,11H,1H3/p+1. The summed E-state index contributed by atoms with van der Waals surface area (Å²) in [6.45, 7) is 0. The lowest BCUT2D eigenvalue weighted by Gasteiger charge is -1.98. The molecule has 12 heavy (non-hydrogen) atoms. The van der Waals surface area contributed by atoms with Crippen LogP contribution in [0.15, 0.2) is 18.2 Å². The average molecular weight is 168 g/mol. The highest BCUT2D eigenvalue weighted by Gasteiger charge is 2.03. The second-order valence-electron chi connectivity index (χ2n) is 2.29. The molecule has 64 valence electrons. The fraction of sp³-hybridized carbons (Fsp3) is 0.125. The van der Waals surface area contributed by atoms with Crippen molar-refractivity contribution >= 4 is 12.0 Å². The van der Waals surface area contributed by atoms with Crippen LogP contribution in [0.5, 0.6) is 5.75 Å². The zero-order valence-corrected chi connectivity index (χ0v) is 6.65. The first-order chi connectivity index (χ1) is 5.77. The van der Waals surface area contributed by atoms with Gasteiger partial charge in [-0.2, -0.15) is 5.48 Å². The molecule has 0 aliphatic carbocycles. The Morgan fingerprint density at radius 3 is 2.92 bits per heavy atom. The average Bonchev–Trinajstić information content (AvgIpc) is 2.09. The number of carbonyl (C=O) groups is 1. The quantitative estimate of drug-likeness (QED) is 0.288. The van der Waals surface area contributed by atoms with Gasteiger partial charge in [0.05, 0.1) is 12.7 Å². The fourth-order valence-electron chi connectivity index (χ4n) is 0.877. The summed E-state index contributed by atoms with van der Waals surface area (Å²) >= 11 is 0. The van der Waals surface area contributed by atoms with Gasteiger partial charge in [-0.25, -0.2) is 4.84 Å². The highest BCUT2D eigenvalue weighted by molar-refractivity contribution is 5.80. The zero-order valence-electron chi connectivity index (χ0n) is 6.65. The number of aldehydes is 1. The van der Waals surface area contributed by atoms with E-state index in [1.165, 1.54) is 18.7 Å². The van der Waals surface area contributed by atoms with Crippen molar-refractivity contribution in [3.8, 4) is 5.75 Å². The van der Waals surface area contributed by atoms with Crippen molar-refractivity contribution in [2.75, 3.05) is 7.11 Å². The number of hydrogen-bond donors (Lipinski definition) is 2. The van der Waals surface area contributed by atoms with Crippen LogP contribution in [0.1, 0.15) is 10.4 Å². The number of hydrogen-bond acceptors (Lipinski definition) is 3. The molecule has 0 radical (unpaired) electrons. The first-order valence-corrected chi connectivity index (χ1v) is 3.42. The van der Waals surface area contributed by atoms with E-state index >= 15 is 0 Å². The lowest BCUT2D eigenvalue weighted by molar-refractivity contribution is -0.830. The highest BCUT2D eigenvalue weighted by Crippen LogP contribution is 2.16. The summed E-state index contributed by atoms with van der Waals surface area (Å²) in [5.41, 5.74) is 2.50. The van der Waals surface area contributed by atoms with Crippen LogP contribution in [0.2, 0.25) is 0 Å². The van der Waals surface area contributed by atoms with E-state index in [1.807, 2.05) is 0 Å². The molecular weight excluding hydrogens is 158 g/mol. The molecule has 0 unspecified atom stereocenters. The third-order valence-electron chi connectivity index (χ3n) is 1.43. The fourth-order valence-corrected chi connectivity index (χ4v) is 0.877. The minimum absolute atomic E-state index is 0.0155. The van der Waals surface area contributed by atoms with Gasteiger partial charge in [0, 0.05) is 12.1 Å². The minimum Gasteiger partial charge on any atom is -0.507 e. The number of rotatable bonds is 3. The second-order valence-corrected chi connectivity index (χ2v) is 2.29. The number of carbonyl (C=O) groups excluding carboxylic acids is 1. The maximum atomic E-state index is 10.4. The highest BCUT2D eigenvalue weighted by atomic mass is 16.6. The molecule has 0 amide bonds. The summed E-state index contributed by atoms with van der Waals surface area (Å²) in [6.07, 6.45) is 0.600. The number of aromatic hydroxyl groups is 1. The van der Waals surface area contributed by atoms with E-state index in [4.69, 9.17) is 9.94 Å². The molecule has 0 heterocycles. The molecule has 0 atom stereocenters. The molecule has 0 fully saturated rings. The van der Waals surface area contributed by atoms with Gasteiger partial charge in [0.2, 0.25) is 0 Å². The van der Waals surface area contributed by atoms with Gasteiger partial charge in [0.1, 0.15) is 5.75 Å². The third kappa shape index (κ3) is 1.81. The van der Waals surface area contributed by atoms with Gasteiger partial charge in [0.25, 0.3) is 0 Å². The summed E-state index contributed by atoms with van der Waals surface area (Å²) in [4.78, 5) is 15.1. The van der Waals surface area contributed by atoms with E-state index < -0.39 is 0 Å². The summed E-state index contributed by atoms with van der Waals surface area (Å²) in [6, 6.07) is 4.66. The lowest BCUT2D eigenvalue weighted by atomic mass is 10.2. The van der Waals surface area contributed by atoms with Crippen LogP contribution >= 0.6 is 0 Å². The molecule has 1 aromatic carbocycles. The van der Waals surface area contributed by atoms with Crippen LogP contribution in [0.3, 0.4) is 0 Å². The van der Waals surface area contributed by atoms with Gasteiger partial charge in [0.15, 0.2) is 12.0 Å². The summed E-state index contributed by atoms with van der Waals surface area (Å²) in [5.74, 6) is -0.0155. The number of quaternary nitrogens is 1. The molecule has 1 rings (SSSR count). The van der Waals surface area contributed by atoms with Crippen LogP contribution in [0, 0.1) is 0 Å². The van der Waals surface area contributed by atoms with Crippen LogP contribution in [-0.2, 0) is 4.84 Å². The van der Waals surface area contributed by atoms with Crippen molar-refractivity contribution < 1.29 is 20.2 Å². The molecule has 4 heteroatoms. The van der Waals surface area contributed by atoms with E-state index in [1.54, 1.807) is 12.1 Å². The van der Waals surface area contributed by atoms with E-state index in [9.17, 15) is 4.79 Å². The minimum atomic E-state index is -0.0155. The number of nitrogens with two attached hydrogens (primary N) is 1. The molecule has 0 aliphatic rings. The van der Waals surface area contributed by atoms with Crippen molar-refractivity contribution in [1.82, 2.24) is 0 Å². The molecule has 0 saturated carbocycles. The van der Waals surface area contributed by atoms with E-state index in [0.29, 0.717) is 6.29 Å². The van der Waals surface area contributed by atoms with E-state index in [0.717, 1.165) is 5.69 Å². The van der Waals surface area contributed by atoms with Crippen molar-refractivity contribution in [2.45, 2.75) is 0 Å². The predicted octanol–water partition coefficient (Wildman–Crippen LogP) is -0.0390. The molecule has 0 aromatic heterocycles. The van der Waals surface area contributed by atoms with Crippen molar-refractivity contribution in [1.29, 1.82) is 0 Å². The van der Waals surface area contributed by atoms with Gasteiger partial charge in [-0.3, -0.25) is 4.79 Å². The molecule has 0 saturated heterocycles. The van der Waals surface area contributed by atoms with Gasteiger partial charge in [-0.15, -0.1) is 0 Å². The number of phenolic OH excluding ortho intramolecular Hbond substituents is 1. The number of benzene rings is 1. The first kappa shape index (κ1) is 8.70. The Balaban J connectivity index is 2.96. The molecule has 3 N–H and O–H groups in total. The van der Waals surface area contributed by atoms with Crippen LogP contribution in [0.25, 0.3) is 0 Å². The topological polar surface area (TPSA) is 63.1 Å². The maximum Gasteiger partial charge on any atom is 0.162 e.